The summed E-state index contributed by atoms with van der Waals surface area (Å²) >= 11 is 5.71. The van der Waals surface area contributed by atoms with E-state index in [1.54, 1.807) is 13.0 Å². The number of nitriles is 1. The summed E-state index contributed by atoms with van der Waals surface area (Å²) in [5, 5.41) is 9.24. The van der Waals surface area contributed by atoms with Gasteiger partial charge >= 0.3 is 5.97 Å². The maximum Gasteiger partial charge on any atom is 0.379 e. The highest BCUT2D eigenvalue weighted by molar-refractivity contribution is 6.30. The first kappa shape index (κ1) is 13.3. The van der Waals surface area contributed by atoms with Gasteiger partial charge in [0.25, 0.3) is 0 Å². The molecule has 0 amide bonds. The molecule has 6 heteroatoms. The minimum Gasteiger partial charge on any atom is -0.480 e. The van der Waals surface area contributed by atoms with Crippen molar-refractivity contribution in [2.45, 2.75) is 6.92 Å². The van der Waals surface area contributed by atoms with Crippen LogP contribution in [0.25, 0.3) is 0 Å². The molecule has 5 nitrogen and oxygen atoms in total. The highest BCUT2D eigenvalue weighted by atomic mass is 35.5. The van der Waals surface area contributed by atoms with Crippen molar-refractivity contribution in [3.8, 4) is 11.8 Å². The van der Waals surface area contributed by atoms with Gasteiger partial charge in [0, 0.05) is 5.02 Å². The van der Waals surface area contributed by atoms with E-state index in [0.717, 1.165) is 0 Å². The van der Waals surface area contributed by atoms with Crippen molar-refractivity contribution in [3.63, 3.8) is 0 Å². The number of rotatable bonds is 5. The predicted octanol–water partition coefficient (Wildman–Crippen LogP) is 2.09. The third kappa shape index (κ3) is 4.31. The zero-order chi connectivity index (χ0) is 12.7. The molecule has 90 valence electrons. The average Bonchev–Trinajstić information content (AvgIpc) is 2.34. The molecule has 0 aliphatic carbocycles. The van der Waals surface area contributed by atoms with Crippen LogP contribution in [-0.2, 0) is 14.6 Å². The van der Waals surface area contributed by atoms with Crippen LogP contribution in [0.4, 0.5) is 0 Å². The second-order valence-electron chi connectivity index (χ2n) is 2.90. The second-order valence-corrected chi connectivity index (χ2v) is 3.34. The minimum atomic E-state index is -0.675. The fourth-order valence-electron chi connectivity index (χ4n) is 1.00. The molecule has 0 atom stereocenters. The van der Waals surface area contributed by atoms with Crippen LogP contribution < -0.4 is 4.74 Å². The molecule has 1 aromatic rings. The Bertz CT molecular complexity index is 442. The third-order valence-electron chi connectivity index (χ3n) is 1.68. The summed E-state index contributed by atoms with van der Waals surface area (Å²) in [6.07, 6.45) is 0. The van der Waals surface area contributed by atoms with E-state index in [4.69, 9.17) is 21.6 Å². The van der Waals surface area contributed by atoms with Gasteiger partial charge in [0.15, 0.2) is 6.61 Å². The molecule has 1 rings (SSSR count). The molecule has 0 aliphatic rings. The number of hydrogen-bond acceptors (Lipinski definition) is 5. The first-order valence-corrected chi connectivity index (χ1v) is 5.20. The molecule has 0 aromatic heterocycles. The van der Waals surface area contributed by atoms with E-state index in [-0.39, 0.29) is 24.5 Å². The van der Waals surface area contributed by atoms with Gasteiger partial charge in [-0.25, -0.2) is 4.79 Å². The fraction of sp³-hybridized carbons (Fsp3) is 0.273. The quantitative estimate of drug-likeness (QED) is 0.595. The lowest BCUT2D eigenvalue weighted by molar-refractivity contribution is -0.270. The van der Waals surface area contributed by atoms with Crippen LogP contribution in [0.2, 0.25) is 5.02 Å². The highest BCUT2D eigenvalue weighted by Crippen LogP contribution is 2.21. The lowest BCUT2D eigenvalue weighted by Crippen LogP contribution is -2.15. The van der Waals surface area contributed by atoms with Gasteiger partial charge in [-0.3, -0.25) is 4.89 Å². The van der Waals surface area contributed by atoms with Crippen LogP contribution in [0.15, 0.2) is 18.2 Å². The van der Waals surface area contributed by atoms with Crippen molar-refractivity contribution < 1.29 is 19.3 Å². The summed E-state index contributed by atoms with van der Waals surface area (Å²) in [5.41, 5.74) is 0.252. The van der Waals surface area contributed by atoms with E-state index in [1.165, 1.54) is 12.1 Å². The van der Waals surface area contributed by atoms with E-state index < -0.39 is 5.97 Å². The summed E-state index contributed by atoms with van der Waals surface area (Å²) < 4.78 is 5.11. The summed E-state index contributed by atoms with van der Waals surface area (Å²) in [6.45, 7) is 1.60. The molecule has 0 radical (unpaired) electrons. The lowest BCUT2D eigenvalue weighted by atomic mass is 10.2. The van der Waals surface area contributed by atoms with Crippen molar-refractivity contribution >= 4 is 17.6 Å². The Morgan fingerprint density at radius 3 is 2.94 bits per heavy atom. The zero-order valence-electron chi connectivity index (χ0n) is 9.10. The topological polar surface area (TPSA) is 68.6 Å². The van der Waals surface area contributed by atoms with Crippen molar-refractivity contribution in [3.05, 3.63) is 28.8 Å². The predicted molar refractivity (Wildman–Crippen MR) is 59.4 cm³/mol. The van der Waals surface area contributed by atoms with Gasteiger partial charge in [0.1, 0.15) is 11.8 Å². The highest BCUT2D eigenvalue weighted by Gasteiger charge is 2.08. The van der Waals surface area contributed by atoms with Gasteiger partial charge in [0.05, 0.1) is 12.2 Å². The molecule has 0 unspecified atom stereocenters. The number of nitrogens with zero attached hydrogens (tertiary/aromatic N) is 1. The third-order valence-corrected chi connectivity index (χ3v) is 1.91. The normalized spacial score (nSPS) is 9.47. The summed E-state index contributed by atoms with van der Waals surface area (Å²) in [6, 6.07) is 6.43. The van der Waals surface area contributed by atoms with Crippen LogP contribution in [0.1, 0.15) is 12.5 Å². The standard InChI is InChI=1S/C11H10ClNO4/c1-2-16-17-11(14)7-15-10-4-3-9(12)5-8(10)6-13/h3-5H,2,7H2,1H3. The molecular formula is C11H10ClNO4. The molecule has 0 N–H and O–H groups in total. The number of halogens is 1. The van der Waals surface area contributed by atoms with Gasteiger partial charge in [-0.2, -0.15) is 10.1 Å². The Morgan fingerprint density at radius 2 is 2.29 bits per heavy atom. The Balaban J connectivity index is 2.58. The van der Waals surface area contributed by atoms with Gasteiger partial charge in [-0.15, -0.1) is 0 Å². The van der Waals surface area contributed by atoms with Gasteiger partial charge in [0.2, 0.25) is 0 Å². The molecule has 0 bridgehead atoms. The van der Waals surface area contributed by atoms with E-state index in [1.807, 2.05) is 6.07 Å². The van der Waals surface area contributed by atoms with E-state index >= 15 is 0 Å². The number of hydrogen-bond donors (Lipinski definition) is 0. The molecule has 0 saturated carbocycles. The van der Waals surface area contributed by atoms with E-state index in [0.29, 0.717) is 5.02 Å². The SMILES string of the molecule is CCOOC(=O)COc1ccc(Cl)cc1C#N. The molecule has 17 heavy (non-hydrogen) atoms. The molecule has 1 aromatic carbocycles. The molecule has 0 spiro atoms. The summed E-state index contributed by atoms with van der Waals surface area (Å²) in [4.78, 5) is 19.8. The second kappa shape index (κ2) is 6.74. The van der Waals surface area contributed by atoms with Crippen LogP contribution in [0, 0.1) is 11.3 Å². The monoisotopic (exact) mass is 255 g/mol. The van der Waals surface area contributed by atoms with E-state index in [9.17, 15) is 4.79 Å². The van der Waals surface area contributed by atoms with Crippen LogP contribution in [0.5, 0.6) is 5.75 Å². The van der Waals surface area contributed by atoms with Crippen LogP contribution >= 0.6 is 11.6 Å². The first-order chi connectivity index (χ1) is 8.17. The summed E-state index contributed by atoms with van der Waals surface area (Å²) in [5.74, 6) is -0.406. The number of ether oxygens (including phenoxy) is 1. The Kier molecular flexibility index (Phi) is 5.27. The van der Waals surface area contributed by atoms with Crippen molar-refractivity contribution in [2.24, 2.45) is 0 Å². The van der Waals surface area contributed by atoms with Gasteiger partial charge < -0.3 is 4.74 Å². The molecule has 0 fully saturated rings. The summed E-state index contributed by atoms with van der Waals surface area (Å²) in [7, 11) is 0. The van der Waals surface area contributed by atoms with Crippen molar-refractivity contribution in [2.75, 3.05) is 13.2 Å². The molecular weight excluding hydrogens is 246 g/mol. The van der Waals surface area contributed by atoms with Gasteiger partial charge in [-0.1, -0.05) is 11.6 Å². The van der Waals surface area contributed by atoms with Crippen molar-refractivity contribution in [1.29, 1.82) is 5.26 Å². The Hall–Kier alpha value is -1.77. The van der Waals surface area contributed by atoms with Gasteiger partial charge in [-0.05, 0) is 25.1 Å². The minimum absolute atomic E-state index is 0.252. The Labute approximate surface area is 103 Å². The van der Waals surface area contributed by atoms with Crippen LogP contribution in [-0.4, -0.2) is 19.2 Å². The van der Waals surface area contributed by atoms with Crippen molar-refractivity contribution in [1.82, 2.24) is 0 Å². The molecule has 0 saturated heterocycles. The Morgan fingerprint density at radius 1 is 1.53 bits per heavy atom. The number of carbonyl (C=O) groups is 1. The smallest absolute Gasteiger partial charge is 0.379 e. The number of benzene rings is 1. The average molecular weight is 256 g/mol. The molecule has 0 heterocycles. The number of carbonyl (C=O) groups excluding carboxylic acids is 1. The van der Waals surface area contributed by atoms with E-state index in [2.05, 4.69) is 9.78 Å². The van der Waals surface area contributed by atoms with Crippen LogP contribution in [0.3, 0.4) is 0 Å². The lowest BCUT2D eigenvalue weighted by Gasteiger charge is -2.06. The first-order valence-electron chi connectivity index (χ1n) is 4.82. The molecule has 0 aliphatic heterocycles. The maximum atomic E-state index is 11.1. The zero-order valence-corrected chi connectivity index (χ0v) is 9.86. The largest absolute Gasteiger partial charge is 0.480 e. The maximum absolute atomic E-state index is 11.1. The fourth-order valence-corrected chi connectivity index (χ4v) is 1.17.